The first-order chi connectivity index (χ1) is 7.29. The molecule has 0 saturated carbocycles. The van der Waals surface area contributed by atoms with E-state index in [0.29, 0.717) is 10.5 Å². The van der Waals surface area contributed by atoms with Crippen molar-refractivity contribution in [1.82, 2.24) is 15.1 Å². The number of nitrogens with one attached hydrogen (secondary N) is 2. The number of nitrogens with zero attached hydrogens (tertiary/aromatic N) is 2. The fourth-order valence-electron chi connectivity index (χ4n) is 1.78. The molecule has 15 heavy (non-hydrogen) atoms. The predicted octanol–water partition coefficient (Wildman–Crippen LogP) is 0.968. The van der Waals surface area contributed by atoms with Crippen LogP contribution in [0.3, 0.4) is 0 Å². The third-order valence-electron chi connectivity index (χ3n) is 2.75. The maximum Gasteiger partial charge on any atom is 0.125 e. The quantitative estimate of drug-likeness (QED) is 0.755. The van der Waals surface area contributed by atoms with Crippen LogP contribution in [0.5, 0.6) is 0 Å². The van der Waals surface area contributed by atoms with Gasteiger partial charge in [0, 0.05) is 43.8 Å². The molecule has 1 aromatic rings. The topological polar surface area (TPSA) is 44.0 Å². The normalized spacial score (nSPS) is 19.3. The summed E-state index contributed by atoms with van der Waals surface area (Å²) in [7, 11) is 2.32. The molecule has 0 bridgehead atoms. The van der Waals surface area contributed by atoms with E-state index in [2.05, 4.69) is 26.3 Å². The van der Waals surface area contributed by atoms with E-state index in [0.717, 1.165) is 12.4 Å². The highest BCUT2D eigenvalue weighted by molar-refractivity contribution is 8.14. The van der Waals surface area contributed by atoms with Gasteiger partial charge in [-0.25, -0.2) is 0 Å². The van der Waals surface area contributed by atoms with Crippen molar-refractivity contribution in [3.63, 3.8) is 0 Å². The average molecular weight is 226 g/mol. The van der Waals surface area contributed by atoms with Crippen LogP contribution in [0.15, 0.2) is 6.20 Å². The van der Waals surface area contributed by atoms with E-state index in [1.54, 1.807) is 0 Å². The largest absolute Gasteiger partial charge is 0.373 e. The molecule has 0 amide bonds. The van der Waals surface area contributed by atoms with E-state index in [1.165, 1.54) is 30.2 Å². The minimum atomic E-state index is 0.403. The maximum atomic E-state index is 4.13. The molecule has 1 aliphatic heterocycles. The van der Waals surface area contributed by atoms with Crippen LogP contribution >= 0.6 is 10.5 Å². The van der Waals surface area contributed by atoms with Crippen LogP contribution < -0.4 is 5.32 Å². The lowest BCUT2D eigenvalue weighted by atomic mass is 10.3. The van der Waals surface area contributed by atoms with Gasteiger partial charge in [-0.2, -0.15) is 15.6 Å². The Hall–Kier alpha value is -0.810. The van der Waals surface area contributed by atoms with Crippen LogP contribution in [-0.2, 0) is 6.54 Å². The maximum absolute atomic E-state index is 4.13. The highest BCUT2D eigenvalue weighted by Crippen LogP contribution is 2.19. The predicted molar refractivity (Wildman–Crippen MR) is 67.9 cm³/mol. The van der Waals surface area contributed by atoms with Crippen LogP contribution in [0, 0.1) is 0 Å². The second-order valence-corrected chi connectivity index (χ2v) is 5.86. The Kier molecular flexibility index (Phi) is 3.43. The monoisotopic (exact) mass is 226 g/mol. The van der Waals surface area contributed by atoms with Gasteiger partial charge in [0.1, 0.15) is 5.82 Å². The minimum absolute atomic E-state index is 0.403. The molecule has 0 unspecified atom stereocenters. The molecule has 1 aliphatic rings. The zero-order valence-corrected chi connectivity index (χ0v) is 9.94. The van der Waals surface area contributed by atoms with E-state index < -0.39 is 0 Å². The smallest absolute Gasteiger partial charge is 0.125 e. The first-order valence-corrected chi connectivity index (χ1v) is 6.92. The standard InChI is InChI=1S/C10H18N4S/c1-11-10-9(7-12-13-10)8-14-3-5-15(2)6-4-14/h7H,2-6,8H2,1H3,(H2,11,12,13). The van der Waals surface area contributed by atoms with Crippen LogP contribution in [0.25, 0.3) is 0 Å². The first-order valence-electron chi connectivity index (χ1n) is 5.19. The summed E-state index contributed by atoms with van der Waals surface area (Å²) in [6.07, 6.45) is 1.91. The van der Waals surface area contributed by atoms with Crippen LogP contribution in [0.2, 0.25) is 0 Å². The molecule has 1 saturated heterocycles. The number of H-pyrrole nitrogens is 1. The van der Waals surface area contributed by atoms with Gasteiger partial charge in [-0.15, -0.1) is 0 Å². The van der Waals surface area contributed by atoms with Crippen molar-refractivity contribution in [3.8, 4) is 0 Å². The molecule has 4 nitrogen and oxygen atoms in total. The van der Waals surface area contributed by atoms with Gasteiger partial charge < -0.3 is 5.32 Å². The van der Waals surface area contributed by atoms with Gasteiger partial charge in [-0.05, 0) is 0 Å². The molecule has 2 heterocycles. The van der Waals surface area contributed by atoms with Crippen LogP contribution in [-0.4, -0.2) is 52.6 Å². The number of aromatic nitrogens is 2. The fraction of sp³-hybridized carbons (Fsp3) is 0.600. The summed E-state index contributed by atoms with van der Waals surface area (Å²) >= 11 is 0. The molecule has 2 N–H and O–H groups in total. The molecule has 0 aliphatic carbocycles. The summed E-state index contributed by atoms with van der Waals surface area (Å²) in [4.78, 5) is 2.47. The lowest BCUT2D eigenvalue weighted by Gasteiger charge is -2.28. The number of hydrogen-bond donors (Lipinski definition) is 2. The molecule has 0 spiro atoms. The minimum Gasteiger partial charge on any atom is -0.373 e. The summed E-state index contributed by atoms with van der Waals surface area (Å²) in [5.41, 5.74) is 1.25. The molecule has 84 valence electrons. The molecule has 0 aromatic carbocycles. The summed E-state index contributed by atoms with van der Waals surface area (Å²) in [6, 6.07) is 0. The van der Waals surface area contributed by atoms with Crippen molar-refractivity contribution < 1.29 is 0 Å². The Labute approximate surface area is 93.0 Å². The Balaban J connectivity index is 1.94. The van der Waals surface area contributed by atoms with E-state index in [1.807, 2.05) is 13.2 Å². The van der Waals surface area contributed by atoms with Crippen molar-refractivity contribution >= 4 is 22.2 Å². The first kappa shape index (κ1) is 10.7. The lowest BCUT2D eigenvalue weighted by molar-refractivity contribution is 0.295. The van der Waals surface area contributed by atoms with Crippen LogP contribution in [0.4, 0.5) is 5.82 Å². The summed E-state index contributed by atoms with van der Waals surface area (Å²) in [5, 5.41) is 10.1. The summed E-state index contributed by atoms with van der Waals surface area (Å²) < 4.78 is 0. The van der Waals surface area contributed by atoms with Gasteiger partial charge in [-0.3, -0.25) is 10.00 Å². The number of aromatic amines is 1. The molecule has 0 atom stereocenters. The molecule has 2 rings (SSSR count). The molecular weight excluding hydrogens is 208 g/mol. The van der Waals surface area contributed by atoms with Gasteiger partial charge in [0.05, 0.1) is 6.20 Å². The van der Waals surface area contributed by atoms with Crippen LogP contribution in [0.1, 0.15) is 5.56 Å². The van der Waals surface area contributed by atoms with E-state index >= 15 is 0 Å². The average Bonchev–Trinajstić information content (AvgIpc) is 2.69. The van der Waals surface area contributed by atoms with E-state index in [4.69, 9.17) is 0 Å². The Bertz CT molecular complexity index is 337. The van der Waals surface area contributed by atoms with Gasteiger partial charge in [0.15, 0.2) is 0 Å². The molecule has 1 aromatic heterocycles. The van der Waals surface area contributed by atoms with E-state index in [-0.39, 0.29) is 0 Å². The van der Waals surface area contributed by atoms with Gasteiger partial charge in [-0.1, -0.05) is 5.87 Å². The highest BCUT2D eigenvalue weighted by Gasteiger charge is 2.14. The second kappa shape index (κ2) is 4.81. The Morgan fingerprint density at radius 3 is 3.00 bits per heavy atom. The number of anilines is 1. The SMILES string of the molecule is C=S1CCN(Cc2cn[nH]c2NC)CC1. The number of rotatable bonds is 3. The van der Waals surface area contributed by atoms with E-state index in [9.17, 15) is 0 Å². The Morgan fingerprint density at radius 2 is 2.33 bits per heavy atom. The van der Waals surface area contributed by atoms with Crippen molar-refractivity contribution in [2.45, 2.75) is 6.54 Å². The third kappa shape index (κ3) is 2.60. The van der Waals surface area contributed by atoms with Crippen molar-refractivity contribution in [2.24, 2.45) is 0 Å². The zero-order valence-electron chi connectivity index (χ0n) is 9.12. The van der Waals surface area contributed by atoms with Gasteiger partial charge >= 0.3 is 0 Å². The second-order valence-electron chi connectivity index (χ2n) is 3.82. The summed E-state index contributed by atoms with van der Waals surface area (Å²) in [6.45, 7) is 3.33. The molecule has 0 radical (unpaired) electrons. The highest BCUT2D eigenvalue weighted by atomic mass is 32.2. The molecule has 1 fully saturated rings. The zero-order chi connectivity index (χ0) is 10.7. The fourth-order valence-corrected chi connectivity index (χ4v) is 3.01. The lowest BCUT2D eigenvalue weighted by Crippen LogP contribution is -2.33. The van der Waals surface area contributed by atoms with Crippen molar-refractivity contribution in [1.29, 1.82) is 0 Å². The molecular formula is C10H18N4S. The molecule has 5 heteroatoms. The third-order valence-corrected chi connectivity index (χ3v) is 4.27. The van der Waals surface area contributed by atoms with Gasteiger partial charge in [0.2, 0.25) is 0 Å². The van der Waals surface area contributed by atoms with Gasteiger partial charge in [0.25, 0.3) is 0 Å². The Morgan fingerprint density at radius 1 is 1.60 bits per heavy atom. The summed E-state index contributed by atoms with van der Waals surface area (Å²) in [5.74, 6) is 7.65. The number of hydrogen-bond acceptors (Lipinski definition) is 3. The van der Waals surface area contributed by atoms with Crippen molar-refractivity contribution in [2.75, 3.05) is 37.0 Å². The van der Waals surface area contributed by atoms with Crippen molar-refractivity contribution in [3.05, 3.63) is 11.8 Å².